The summed E-state index contributed by atoms with van der Waals surface area (Å²) in [7, 11) is 0. The molecule has 2 aliphatic heterocycles. The van der Waals surface area contributed by atoms with Crippen molar-refractivity contribution in [2.45, 2.75) is 58.9 Å². The van der Waals surface area contributed by atoms with Crippen molar-refractivity contribution in [1.29, 1.82) is 0 Å². The number of fused-ring (bicyclic) bond motifs is 1. The minimum atomic E-state index is -0.112. The lowest BCUT2D eigenvalue weighted by Gasteiger charge is -2.37. The normalized spacial score (nSPS) is 18.3. The van der Waals surface area contributed by atoms with Crippen LogP contribution in [0.15, 0.2) is 24.3 Å². The molecule has 0 N–H and O–H groups in total. The number of para-hydroxylation sites is 2. The highest BCUT2D eigenvalue weighted by Crippen LogP contribution is 2.29. The van der Waals surface area contributed by atoms with Gasteiger partial charge in [-0.15, -0.1) is 0 Å². The summed E-state index contributed by atoms with van der Waals surface area (Å²) in [6.07, 6.45) is 5.41. The molecule has 2 aliphatic rings. The number of hydrogen-bond acceptors (Lipinski definition) is 5. The number of hydrogen-bond donors (Lipinski definition) is 0. The van der Waals surface area contributed by atoms with E-state index in [1.54, 1.807) is 0 Å². The molecule has 0 atom stereocenters. The van der Waals surface area contributed by atoms with Crippen molar-refractivity contribution < 1.29 is 14.3 Å². The predicted octanol–water partition coefficient (Wildman–Crippen LogP) is 3.85. The number of esters is 1. The van der Waals surface area contributed by atoms with Gasteiger partial charge in [0.1, 0.15) is 0 Å². The quantitative estimate of drug-likeness (QED) is 0.612. The summed E-state index contributed by atoms with van der Waals surface area (Å²) in [5.41, 5.74) is 2.24. The van der Waals surface area contributed by atoms with Crippen LogP contribution in [-0.2, 0) is 20.9 Å². The minimum Gasteiger partial charge on any atom is -0.466 e. The highest BCUT2D eigenvalue weighted by molar-refractivity contribution is 5.81. The number of piperidine rings is 2. The number of aryl methyl sites for hydroxylation is 1. The van der Waals surface area contributed by atoms with E-state index in [4.69, 9.17) is 9.72 Å². The number of amides is 1. The number of unbranched alkanes of at least 4 members (excludes halogenated alkanes) is 1. The number of nitrogens with zero attached hydrogens (tertiary/aromatic N) is 4. The topological polar surface area (TPSA) is 67.7 Å². The molecule has 4 rings (SSSR count). The fourth-order valence-corrected chi connectivity index (χ4v) is 5.02. The third-order valence-electron chi connectivity index (χ3n) is 6.92. The molecule has 174 valence electrons. The molecule has 3 heterocycles. The Kier molecular flexibility index (Phi) is 7.33. The number of imidazole rings is 1. The van der Waals surface area contributed by atoms with Crippen LogP contribution in [0.3, 0.4) is 0 Å². The van der Waals surface area contributed by atoms with Crippen LogP contribution in [0.1, 0.15) is 52.4 Å². The Hall–Kier alpha value is -2.57. The minimum absolute atomic E-state index is 0.0584. The van der Waals surface area contributed by atoms with Crippen molar-refractivity contribution in [3.8, 4) is 0 Å². The molecule has 32 heavy (non-hydrogen) atoms. The Morgan fingerprint density at radius 3 is 2.38 bits per heavy atom. The van der Waals surface area contributed by atoms with Crippen molar-refractivity contribution in [1.82, 2.24) is 14.5 Å². The molecule has 1 amide bonds. The van der Waals surface area contributed by atoms with Gasteiger partial charge in [-0.25, -0.2) is 4.98 Å². The lowest BCUT2D eigenvalue weighted by molar-refractivity contribution is -0.151. The number of anilines is 1. The van der Waals surface area contributed by atoms with Gasteiger partial charge in [-0.1, -0.05) is 25.5 Å². The molecule has 2 fully saturated rings. The highest BCUT2D eigenvalue weighted by atomic mass is 16.5. The van der Waals surface area contributed by atoms with Crippen LogP contribution in [0.25, 0.3) is 11.0 Å². The van der Waals surface area contributed by atoms with Gasteiger partial charge in [0, 0.05) is 38.6 Å². The first kappa shape index (κ1) is 22.6. The van der Waals surface area contributed by atoms with Gasteiger partial charge in [0.05, 0.1) is 23.6 Å². The summed E-state index contributed by atoms with van der Waals surface area (Å²) >= 11 is 0. The standard InChI is InChI=1S/C25H36N4O3/c1-3-5-14-29-22-9-7-6-8-21(22)26-25(29)28-17-10-19(11-18-28)23(30)27-15-12-20(13-16-27)24(31)32-4-2/h6-9,19-20H,3-5,10-18H2,1-2H3. The van der Waals surface area contributed by atoms with E-state index in [-0.39, 0.29) is 23.7 Å². The summed E-state index contributed by atoms with van der Waals surface area (Å²) in [5, 5.41) is 0. The summed E-state index contributed by atoms with van der Waals surface area (Å²) in [5.74, 6) is 1.20. The number of carbonyl (C=O) groups excluding carboxylic acids is 2. The third kappa shape index (κ3) is 4.76. The average Bonchev–Trinajstić information content (AvgIpc) is 3.21. The van der Waals surface area contributed by atoms with Crippen molar-refractivity contribution in [3.05, 3.63) is 24.3 Å². The summed E-state index contributed by atoms with van der Waals surface area (Å²) < 4.78 is 7.50. The molecular formula is C25H36N4O3. The average molecular weight is 441 g/mol. The van der Waals surface area contributed by atoms with E-state index >= 15 is 0 Å². The van der Waals surface area contributed by atoms with Gasteiger partial charge in [-0.3, -0.25) is 9.59 Å². The van der Waals surface area contributed by atoms with Crippen molar-refractivity contribution >= 4 is 28.9 Å². The second kappa shape index (κ2) is 10.4. The van der Waals surface area contributed by atoms with Gasteiger partial charge in [-0.05, 0) is 51.2 Å². The lowest BCUT2D eigenvalue weighted by atomic mass is 9.92. The van der Waals surface area contributed by atoms with Crippen LogP contribution in [-0.4, -0.2) is 59.1 Å². The molecule has 0 bridgehead atoms. The summed E-state index contributed by atoms with van der Waals surface area (Å²) in [6.45, 7) is 8.47. The maximum atomic E-state index is 13.1. The van der Waals surface area contributed by atoms with Gasteiger partial charge < -0.3 is 19.1 Å². The molecule has 2 aromatic rings. The molecule has 0 saturated carbocycles. The van der Waals surface area contributed by atoms with Crippen molar-refractivity contribution in [2.24, 2.45) is 11.8 Å². The largest absolute Gasteiger partial charge is 0.466 e. The van der Waals surface area contributed by atoms with Crippen LogP contribution in [0, 0.1) is 11.8 Å². The fourth-order valence-electron chi connectivity index (χ4n) is 5.02. The Bertz CT molecular complexity index is 924. The first-order valence-corrected chi connectivity index (χ1v) is 12.3. The van der Waals surface area contributed by atoms with Crippen LogP contribution in [0.4, 0.5) is 5.95 Å². The number of rotatable bonds is 7. The highest BCUT2D eigenvalue weighted by Gasteiger charge is 2.33. The van der Waals surface area contributed by atoms with Gasteiger partial charge in [0.25, 0.3) is 0 Å². The van der Waals surface area contributed by atoms with E-state index in [9.17, 15) is 9.59 Å². The second-order valence-electron chi connectivity index (χ2n) is 9.02. The number of carbonyl (C=O) groups is 2. The van der Waals surface area contributed by atoms with E-state index < -0.39 is 0 Å². The zero-order valence-corrected chi connectivity index (χ0v) is 19.5. The number of aromatic nitrogens is 2. The Labute approximate surface area is 190 Å². The number of benzene rings is 1. The molecule has 0 radical (unpaired) electrons. The fraction of sp³-hybridized carbons (Fsp3) is 0.640. The Morgan fingerprint density at radius 1 is 1.00 bits per heavy atom. The molecule has 0 spiro atoms. The van der Waals surface area contributed by atoms with Crippen molar-refractivity contribution in [2.75, 3.05) is 37.7 Å². The van der Waals surface area contributed by atoms with Gasteiger partial charge in [-0.2, -0.15) is 0 Å². The van der Waals surface area contributed by atoms with E-state index in [1.807, 2.05) is 17.9 Å². The van der Waals surface area contributed by atoms with Gasteiger partial charge in [0.15, 0.2) is 0 Å². The van der Waals surface area contributed by atoms with E-state index in [2.05, 4.69) is 34.6 Å². The van der Waals surface area contributed by atoms with Crippen LogP contribution >= 0.6 is 0 Å². The first-order chi connectivity index (χ1) is 15.6. The molecule has 0 aliphatic carbocycles. The SMILES string of the molecule is CCCCn1c(N2CCC(C(=O)N3CCC(C(=O)OCC)CC3)CC2)nc2ccccc21. The smallest absolute Gasteiger partial charge is 0.309 e. The first-order valence-electron chi connectivity index (χ1n) is 12.3. The summed E-state index contributed by atoms with van der Waals surface area (Å²) in [6, 6.07) is 8.35. The second-order valence-corrected chi connectivity index (χ2v) is 9.02. The van der Waals surface area contributed by atoms with Crippen LogP contribution < -0.4 is 4.90 Å². The van der Waals surface area contributed by atoms with E-state index in [0.29, 0.717) is 32.5 Å². The molecule has 1 aromatic carbocycles. The third-order valence-corrected chi connectivity index (χ3v) is 6.92. The lowest BCUT2D eigenvalue weighted by Crippen LogP contribution is -2.46. The van der Waals surface area contributed by atoms with Crippen LogP contribution in [0.2, 0.25) is 0 Å². The molecule has 7 nitrogen and oxygen atoms in total. The summed E-state index contributed by atoms with van der Waals surface area (Å²) in [4.78, 5) is 34.3. The van der Waals surface area contributed by atoms with Crippen LogP contribution in [0.5, 0.6) is 0 Å². The molecule has 7 heteroatoms. The molecule has 1 aromatic heterocycles. The zero-order chi connectivity index (χ0) is 22.5. The van der Waals surface area contributed by atoms with Gasteiger partial charge in [0.2, 0.25) is 11.9 Å². The molecular weight excluding hydrogens is 404 g/mol. The van der Waals surface area contributed by atoms with E-state index in [1.165, 1.54) is 5.52 Å². The van der Waals surface area contributed by atoms with Gasteiger partial charge >= 0.3 is 5.97 Å². The Balaban J connectivity index is 1.35. The molecule has 2 saturated heterocycles. The zero-order valence-electron chi connectivity index (χ0n) is 19.5. The van der Waals surface area contributed by atoms with E-state index in [0.717, 1.165) is 56.8 Å². The number of likely N-dealkylation sites (tertiary alicyclic amines) is 1. The monoisotopic (exact) mass is 440 g/mol. The predicted molar refractivity (Wildman–Crippen MR) is 126 cm³/mol. The van der Waals surface area contributed by atoms with Crippen molar-refractivity contribution in [3.63, 3.8) is 0 Å². The number of ether oxygens (including phenoxy) is 1. The Morgan fingerprint density at radius 2 is 1.69 bits per heavy atom. The maximum absolute atomic E-state index is 13.1. The molecule has 0 unspecified atom stereocenters. The maximum Gasteiger partial charge on any atom is 0.309 e.